The van der Waals surface area contributed by atoms with Crippen LogP contribution in [0.5, 0.6) is 11.5 Å². The molecule has 4 aromatic carbocycles. The summed E-state index contributed by atoms with van der Waals surface area (Å²) in [5.74, 6) is -0.781. The van der Waals surface area contributed by atoms with Gasteiger partial charge in [-0.2, -0.15) is 13.2 Å². The summed E-state index contributed by atoms with van der Waals surface area (Å²) in [6.45, 7) is 10.2. The highest BCUT2D eigenvalue weighted by molar-refractivity contribution is 6.01. The average molecular weight is 772 g/mol. The van der Waals surface area contributed by atoms with Crippen molar-refractivity contribution in [2.45, 2.75) is 91.1 Å². The molecule has 0 saturated carbocycles. The molecule has 1 amide bonds. The summed E-state index contributed by atoms with van der Waals surface area (Å²) in [5.41, 5.74) is 14.8. The largest absolute Gasteiger partial charge is 0.496 e. The van der Waals surface area contributed by atoms with Gasteiger partial charge in [-0.25, -0.2) is 4.39 Å². The highest BCUT2D eigenvalue weighted by atomic mass is 19.4. The van der Waals surface area contributed by atoms with Gasteiger partial charge in [0.05, 0.1) is 38.1 Å². The number of nitrogens with zero attached hydrogens (tertiary/aromatic N) is 1. The molecule has 13 heteroatoms. The number of aliphatic carboxylic acids is 1. The van der Waals surface area contributed by atoms with E-state index in [9.17, 15) is 27.2 Å². The number of likely N-dealkylation sites (tertiary alicyclic amines) is 1. The number of methoxy groups -OCH3 is 2. The number of carboxylic acids is 1. The lowest BCUT2D eigenvalue weighted by molar-refractivity contribution is -0.137. The molecule has 0 unspecified atom stereocenters. The molecule has 0 aliphatic carbocycles. The summed E-state index contributed by atoms with van der Waals surface area (Å²) < 4.78 is 64.1. The Morgan fingerprint density at radius 1 is 0.964 bits per heavy atom. The molecule has 1 aliphatic heterocycles. The van der Waals surface area contributed by atoms with Crippen molar-refractivity contribution in [3.05, 3.63) is 88.7 Å². The maximum absolute atomic E-state index is 13.0. The summed E-state index contributed by atoms with van der Waals surface area (Å²) in [6.07, 6.45) is -1.49. The van der Waals surface area contributed by atoms with E-state index in [4.69, 9.17) is 30.8 Å². The van der Waals surface area contributed by atoms with Crippen LogP contribution in [0.15, 0.2) is 60.7 Å². The normalized spacial score (nSPS) is 13.4. The summed E-state index contributed by atoms with van der Waals surface area (Å²) >= 11 is 0. The van der Waals surface area contributed by atoms with Crippen molar-refractivity contribution in [2.75, 3.05) is 33.0 Å². The predicted octanol–water partition coefficient (Wildman–Crippen LogP) is 9.09. The van der Waals surface area contributed by atoms with Crippen LogP contribution in [0.25, 0.3) is 21.9 Å². The van der Waals surface area contributed by atoms with E-state index >= 15 is 0 Å². The third-order valence-corrected chi connectivity index (χ3v) is 9.24. The second-order valence-electron chi connectivity index (χ2n) is 13.7. The number of benzene rings is 4. The molecule has 4 aromatic rings. The zero-order valence-corrected chi connectivity index (χ0v) is 32.4. The van der Waals surface area contributed by atoms with E-state index in [0.717, 1.165) is 76.5 Å². The minimum atomic E-state index is -3.95. The molecule has 5 N–H and O–H groups in total. The second-order valence-corrected chi connectivity index (χ2v) is 13.7. The lowest BCUT2D eigenvalue weighted by atomic mass is 9.92. The number of fused-ring (bicyclic) bond motifs is 1. The van der Waals surface area contributed by atoms with E-state index in [1.807, 2.05) is 36.4 Å². The maximum atomic E-state index is 13.0. The SMILES string of the molecule is CCCC(F)(F)F.COc1cc(COC2CCN(C(C)C)CC2)cc(OC)c1-c1cccc2c(CCC(=O)O)cccc12.Cc1cc(N)cc(F)c1C(N)=O. The Labute approximate surface area is 320 Å². The Balaban J connectivity index is 0.000000350. The second kappa shape index (κ2) is 20.7. The minimum Gasteiger partial charge on any atom is -0.496 e. The van der Waals surface area contributed by atoms with Gasteiger partial charge >= 0.3 is 12.1 Å². The number of amides is 1. The number of nitrogens with two attached hydrogens (primary N) is 2. The predicted molar refractivity (Wildman–Crippen MR) is 208 cm³/mol. The van der Waals surface area contributed by atoms with Crippen molar-refractivity contribution < 1.29 is 46.5 Å². The Kier molecular flexibility index (Phi) is 16.8. The first-order valence-electron chi connectivity index (χ1n) is 18.2. The van der Waals surface area contributed by atoms with E-state index in [-0.39, 0.29) is 30.2 Å². The minimum absolute atomic E-state index is 0.0933. The Hall–Kier alpha value is -4.88. The van der Waals surface area contributed by atoms with Crippen LogP contribution in [0.4, 0.5) is 23.2 Å². The van der Waals surface area contributed by atoms with Crippen molar-refractivity contribution >= 4 is 28.3 Å². The summed E-state index contributed by atoms with van der Waals surface area (Å²) in [6, 6.07) is 19.4. The van der Waals surface area contributed by atoms with Gasteiger partial charge in [0.1, 0.15) is 17.3 Å². The fraction of sp³-hybridized carbons (Fsp3) is 0.429. The molecule has 0 atom stereocenters. The molecule has 55 heavy (non-hydrogen) atoms. The number of ether oxygens (including phenoxy) is 3. The summed E-state index contributed by atoms with van der Waals surface area (Å²) in [4.78, 5) is 24.3. The first kappa shape index (κ1) is 44.5. The highest BCUT2D eigenvalue weighted by Gasteiger charge is 2.25. The Morgan fingerprint density at radius 3 is 2.05 bits per heavy atom. The number of alkyl halides is 3. The monoisotopic (exact) mass is 771 g/mol. The lowest BCUT2D eigenvalue weighted by Crippen LogP contribution is -2.40. The van der Waals surface area contributed by atoms with E-state index in [1.165, 1.54) is 13.0 Å². The van der Waals surface area contributed by atoms with Gasteiger partial charge in [-0.05, 0) is 104 Å². The van der Waals surface area contributed by atoms with Crippen molar-refractivity contribution in [2.24, 2.45) is 5.73 Å². The summed E-state index contributed by atoms with van der Waals surface area (Å²) in [5, 5.41) is 11.2. The van der Waals surface area contributed by atoms with Gasteiger partial charge in [0.25, 0.3) is 5.91 Å². The van der Waals surface area contributed by atoms with Gasteiger partial charge in [0.2, 0.25) is 0 Å². The van der Waals surface area contributed by atoms with Crippen molar-refractivity contribution in [3.63, 3.8) is 0 Å². The number of anilines is 1. The van der Waals surface area contributed by atoms with Crippen LogP contribution in [0.3, 0.4) is 0 Å². The number of halogens is 4. The number of piperidine rings is 1. The van der Waals surface area contributed by atoms with Gasteiger partial charge in [0.15, 0.2) is 0 Å². The van der Waals surface area contributed by atoms with Gasteiger partial charge in [-0.3, -0.25) is 9.59 Å². The molecular weight excluding hydrogens is 718 g/mol. The molecule has 1 aliphatic rings. The van der Waals surface area contributed by atoms with Crippen LogP contribution >= 0.6 is 0 Å². The van der Waals surface area contributed by atoms with Crippen LogP contribution in [-0.2, 0) is 22.6 Å². The fourth-order valence-corrected chi connectivity index (χ4v) is 6.51. The molecule has 1 fully saturated rings. The van der Waals surface area contributed by atoms with Crippen LogP contribution in [0.1, 0.15) is 79.9 Å². The smallest absolute Gasteiger partial charge is 0.389 e. The molecule has 0 aromatic heterocycles. The molecule has 1 heterocycles. The Bertz CT molecular complexity index is 1840. The number of carbonyl (C=O) groups excluding carboxylic acids is 1. The third-order valence-electron chi connectivity index (χ3n) is 9.24. The fourth-order valence-electron chi connectivity index (χ4n) is 6.51. The number of carbonyl (C=O) groups is 2. The van der Waals surface area contributed by atoms with Crippen LogP contribution in [0, 0.1) is 12.7 Å². The van der Waals surface area contributed by atoms with Crippen molar-refractivity contribution in [1.29, 1.82) is 0 Å². The first-order valence-corrected chi connectivity index (χ1v) is 18.2. The molecule has 9 nitrogen and oxygen atoms in total. The number of primary amides is 1. The van der Waals surface area contributed by atoms with E-state index in [1.54, 1.807) is 21.1 Å². The molecular formula is C42H53F4N3O6. The van der Waals surface area contributed by atoms with Crippen LogP contribution in [0.2, 0.25) is 0 Å². The van der Waals surface area contributed by atoms with Gasteiger partial charge in [-0.1, -0.05) is 43.3 Å². The molecule has 0 radical (unpaired) electrons. The third kappa shape index (κ3) is 13.1. The highest BCUT2D eigenvalue weighted by Crippen LogP contribution is 2.43. The maximum Gasteiger partial charge on any atom is 0.389 e. The van der Waals surface area contributed by atoms with Crippen molar-refractivity contribution in [1.82, 2.24) is 4.90 Å². The molecule has 300 valence electrons. The molecule has 0 bridgehead atoms. The van der Waals surface area contributed by atoms with Gasteiger partial charge < -0.3 is 35.7 Å². The number of rotatable bonds is 12. The van der Waals surface area contributed by atoms with Crippen LogP contribution < -0.4 is 20.9 Å². The zero-order valence-electron chi connectivity index (χ0n) is 32.4. The number of aryl methyl sites for hydroxylation is 2. The van der Waals surface area contributed by atoms with Crippen LogP contribution in [-0.4, -0.2) is 67.5 Å². The zero-order chi connectivity index (χ0) is 40.9. The van der Waals surface area contributed by atoms with Gasteiger partial charge in [0, 0.05) is 37.7 Å². The molecule has 5 rings (SSSR count). The van der Waals surface area contributed by atoms with E-state index in [0.29, 0.717) is 24.6 Å². The number of nitrogen functional groups attached to an aromatic ring is 1. The lowest BCUT2D eigenvalue weighted by Gasteiger charge is -2.34. The molecule has 0 spiro atoms. The van der Waals surface area contributed by atoms with Gasteiger partial charge in [-0.15, -0.1) is 0 Å². The number of hydrogen-bond acceptors (Lipinski definition) is 7. The van der Waals surface area contributed by atoms with E-state index in [2.05, 4.69) is 30.9 Å². The Morgan fingerprint density at radius 2 is 1.56 bits per heavy atom. The van der Waals surface area contributed by atoms with Crippen molar-refractivity contribution in [3.8, 4) is 22.6 Å². The quantitative estimate of drug-likeness (QED) is 0.0959. The topological polar surface area (TPSA) is 137 Å². The first-order chi connectivity index (χ1) is 26.0. The number of carboxylic acid groups (broad SMARTS) is 1. The number of hydrogen-bond donors (Lipinski definition) is 3. The van der Waals surface area contributed by atoms with E-state index < -0.39 is 30.3 Å². The molecule has 1 saturated heterocycles. The average Bonchev–Trinajstić information content (AvgIpc) is 3.12. The summed E-state index contributed by atoms with van der Waals surface area (Å²) in [7, 11) is 3.35. The standard InChI is InChI=1S/C30H37NO5.C8H9FN2O.C4H7F3/c1-20(2)31-15-13-23(14-16-31)36-19-21-17-27(34-3)30(28(18-21)35-4)26-10-6-8-24-22(11-12-29(32)33)7-5-9-25(24)26;1-4-2-5(10)3-6(9)7(4)8(11)12;1-2-3-4(5,6)7/h5-10,17-18,20,23H,11-16,19H2,1-4H3,(H,32,33);2-3H,10H2,1H3,(H2,11,12);2-3H2,1H3.